The molecule has 0 saturated carbocycles. The topological polar surface area (TPSA) is 62.5 Å². The van der Waals surface area contributed by atoms with Crippen LogP contribution in [0.2, 0.25) is 0 Å². The zero-order valence-electron chi connectivity index (χ0n) is 12.9. The van der Waals surface area contributed by atoms with E-state index in [4.69, 9.17) is 5.11 Å². The quantitative estimate of drug-likeness (QED) is 0.944. The van der Waals surface area contributed by atoms with Crippen molar-refractivity contribution in [2.24, 2.45) is 7.05 Å². The Balaban J connectivity index is 2.10. The average molecular weight is 300 g/mol. The lowest BCUT2D eigenvalue weighted by Gasteiger charge is -2.27. The van der Waals surface area contributed by atoms with Crippen LogP contribution >= 0.6 is 0 Å². The van der Waals surface area contributed by atoms with Crippen LogP contribution in [0.3, 0.4) is 0 Å². The van der Waals surface area contributed by atoms with Gasteiger partial charge in [0.05, 0.1) is 5.56 Å². The summed E-state index contributed by atoms with van der Waals surface area (Å²) in [6, 6.07) is 5.07. The zero-order chi connectivity index (χ0) is 15.9. The van der Waals surface area contributed by atoms with Crippen LogP contribution in [0.15, 0.2) is 18.2 Å². The van der Waals surface area contributed by atoms with E-state index in [0.717, 1.165) is 42.3 Å². The molecular formula is C17H20N2O3. The first-order valence-electron chi connectivity index (χ1n) is 7.68. The highest BCUT2D eigenvalue weighted by Gasteiger charge is 2.29. The molecule has 1 aliphatic heterocycles. The first kappa shape index (κ1) is 14.6. The number of nitrogens with zero attached hydrogens (tertiary/aromatic N) is 2. The van der Waals surface area contributed by atoms with Crippen molar-refractivity contribution in [1.82, 2.24) is 9.47 Å². The fourth-order valence-electron chi connectivity index (χ4n) is 3.24. The highest BCUT2D eigenvalue weighted by atomic mass is 16.4. The van der Waals surface area contributed by atoms with Crippen LogP contribution in [0.5, 0.6) is 0 Å². The van der Waals surface area contributed by atoms with Crippen molar-refractivity contribution in [3.63, 3.8) is 0 Å². The molecule has 1 N–H and O–H groups in total. The second-order valence-electron chi connectivity index (χ2n) is 5.82. The summed E-state index contributed by atoms with van der Waals surface area (Å²) in [6.07, 6.45) is 2.85. The molecule has 116 valence electrons. The van der Waals surface area contributed by atoms with Crippen molar-refractivity contribution in [2.45, 2.75) is 26.2 Å². The van der Waals surface area contributed by atoms with Crippen molar-refractivity contribution in [3.05, 3.63) is 35.0 Å². The molecule has 5 nitrogen and oxygen atoms in total. The maximum Gasteiger partial charge on any atom is 0.335 e. The van der Waals surface area contributed by atoms with Crippen molar-refractivity contribution >= 4 is 22.8 Å². The van der Waals surface area contributed by atoms with E-state index in [1.807, 2.05) is 16.5 Å². The summed E-state index contributed by atoms with van der Waals surface area (Å²) in [4.78, 5) is 25.8. The van der Waals surface area contributed by atoms with Crippen molar-refractivity contribution in [3.8, 4) is 0 Å². The van der Waals surface area contributed by atoms with Gasteiger partial charge in [0, 0.05) is 31.0 Å². The first-order chi connectivity index (χ1) is 10.5. The van der Waals surface area contributed by atoms with Crippen molar-refractivity contribution < 1.29 is 14.7 Å². The first-order valence-corrected chi connectivity index (χ1v) is 7.68. The van der Waals surface area contributed by atoms with Gasteiger partial charge in [-0.2, -0.15) is 0 Å². The molecule has 1 aromatic carbocycles. The number of unbranched alkanes of at least 4 members (excludes halogenated alkanes) is 1. The molecular weight excluding hydrogens is 280 g/mol. The summed E-state index contributed by atoms with van der Waals surface area (Å²) in [5.74, 6) is -0.878. The Labute approximate surface area is 129 Å². The van der Waals surface area contributed by atoms with Gasteiger partial charge in [-0.15, -0.1) is 0 Å². The van der Waals surface area contributed by atoms with Crippen LogP contribution in [0.25, 0.3) is 10.9 Å². The van der Waals surface area contributed by atoms with Gasteiger partial charge in [0.15, 0.2) is 0 Å². The summed E-state index contributed by atoms with van der Waals surface area (Å²) < 4.78 is 1.90. The second-order valence-corrected chi connectivity index (χ2v) is 5.82. The summed E-state index contributed by atoms with van der Waals surface area (Å²) >= 11 is 0. The Morgan fingerprint density at radius 3 is 2.82 bits per heavy atom. The monoisotopic (exact) mass is 300 g/mol. The molecule has 0 fully saturated rings. The smallest absolute Gasteiger partial charge is 0.335 e. The van der Waals surface area contributed by atoms with Gasteiger partial charge in [0.2, 0.25) is 0 Å². The third kappa shape index (κ3) is 2.17. The number of rotatable bonds is 4. The SMILES string of the molecule is CCCCN1CCc2c(n(C)c3ccc(C(=O)O)cc23)C1=O. The lowest BCUT2D eigenvalue weighted by molar-refractivity contribution is 0.0695. The number of carboxylic acids is 1. The van der Waals surface area contributed by atoms with E-state index in [1.54, 1.807) is 18.2 Å². The van der Waals surface area contributed by atoms with E-state index in [0.29, 0.717) is 12.2 Å². The number of carbonyl (C=O) groups excluding carboxylic acids is 1. The van der Waals surface area contributed by atoms with Crippen LogP contribution < -0.4 is 0 Å². The molecule has 0 spiro atoms. The predicted octanol–water partition coefficient (Wildman–Crippen LogP) is 2.67. The molecule has 3 rings (SSSR count). The van der Waals surface area contributed by atoms with Crippen LogP contribution in [-0.4, -0.2) is 39.5 Å². The normalized spacial score (nSPS) is 14.5. The summed E-state index contributed by atoms with van der Waals surface area (Å²) in [5.41, 5.74) is 2.88. The number of aryl methyl sites for hydroxylation is 1. The highest BCUT2D eigenvalue weighted by Crippen LogP contribution is 2.31. The van der Waals surface area contributed by atoms with Gasteiger partial charge >= 0.3 is 5.97 Å². The Hall–Kier alpha value is -2.30. The molecule has 0 saturated heterocycles. The minimum Gasteiger partial charge on any atom is -0.478 e. The Morgan fingerprint density at radius 2 is 2.14 bits per heavy atom. The van der Waals surface area contributed by atoms with Crippen LogP contribution in [0, 0.1) is 0 Å². The number of fused-ring (bicyclic) bond motifs is 3. The molecule has 1 amide bonds. The average Bonchev–Trinajstić information content (AvgIpc) is 2.80. The third-order valence-corrected chi connectivity index (χ3v) is 4.45. The van der Waals surface area contributed by atoms with Crippen molar-refractivity contribution in [1.29, 1.82) is 0 Å². The maximum atomic E-state index is 12.7. The zero-order valence-corrected chi connectivity index (χ0v) is 12.9. The van der Waals surface area contributed by atoms with Crippen LogP contribution in [0.1, 0.15) is 46.2 Å². The molecule has 5 heteroatoms. The summed E-state index contributed by atoms with van der Waals surface area (Å²) in [7, 11) is 1.88. The molecule has 0 atom stereocenters. The van der Waals surface area contributed by atoms with Gasteiger partial charge in [-0.3, -0.25) is 4.79 Å². The number of amides is 1. The van der Waals surface area contributed by atoms with E-state index in [9.17, 15) is 9.59 Å². The van der Waals surface area contributed by atoms with Crippen LogP contribution in [0.4, 0.5) is 0 Å². The van der Waals surface area contributed by atoms with E-state index in [1.165, 1.54) is 0 Å². The Morgan fingerprint density at radius 1 is 1.36 bits per heavy atom. The Bertz CT molecular complexity index is 761. The fraction of sp³-hybridized carbons (Fsp3) is 0.412. The largest absolute Gasteiger partial charge is 0.478 e. The molecule has 0 bridgehead atoms. The number of carbonyl (C=O) groups is 2. The van der Waals surface area contributed by atoms with E-state index >= 15 is 0 Å². The molecule has 2 aromatic rings. The van der Waals surface area contributed by atoms with E-state index in [2.05, 4.69) is 6.92 Å². The van der Waals surface area contributed by atoms with Crippen LogP contribution in [-0.2, 0) is 13.5 Å². The number of benzene rings is 1. The Kier molecular flexibility index (Phi) is 3.64. The molecule has 1 aliphatic rings. The summed E-state index contributed by atoms with van der Waals surface area (Å²) in [6.45, 7) is 3.61. The molecule has 2 heterocycles. The van der Waals surface area contributed by atoms with E-state index in [-0.39, 0.29) is 11.5 Å². The van der Waals surface area contributed by atoms with Gasteiger partial charge in [0.25, 0.3) is 5.91 Å². The van der Waals surface area contributed by atoms with Crippen molar-refractivity contribution in [2.75, 3.05) is 13.1 Å². The van der Waals surface area contributed by atoms with Gasteiger partial charge in [-0.05, 0) is 36.6 Å². The second kappa shape index (κ2) is 5.48. The van der Waals surface area contributed by atoms with Gasteiger partial charge in [0.1, 0.15) is 5.69 Å². The lowest BCUT2D eigenvalue weighted by Crippen LogP contribution is -2.39. The molecule has 0 aliphatic carbocycles. The molecule has 0 unspecified atom stereocenters. The third-order valence-electron chi connectivity index (χ3n) is 4.45. The predicted molar refractivity (Wildman–Crippen MR) is 84.4 cm³/mol. The molecule has 1 aromatic heterocycles. The molecule has 22 heavy (non-hydrogen) atoms. The highest BCUT2D eigenvalue weighted by molar-refractivity contribution is 6.04. The number of aromatic nitrogens is 1. The number of carboxylic acid groups (broad SMARTS) is 1. The fourth-order valence-corrected chi connectivity index (χ4v) is 3.24. The van der Waals surface area contributed by atoms with E-state index < -0.39 is 5.97 Å². The standard InChI is InChI=1S/C17H20N2O3/c1-3-4-8-19-9-7-12-13-10-11(17(21)22)5-6-14(13)18(2)15(12)16(19)20/h5-6,10H,3-4,7-9H2,1-2H3,(H,21,22). The number of hydrogen-bond donors (Lipinski definition) is 1. The summed E-state index contributed by atoms with van der Waals surface area (Å²) in [5, 5.41) is 10.1. The number of aromatic carboxylic acids is 1. The number of hydrogen-bond acceptors (Lipinski definition) is 2. The van der Waals surface area contributed by atoms with Gasteiger partial charge in [-0.25, -0.2) is 4.79 Å². The van der Waals surface area contributed by atoms with Gasteiger partial charge in [-0.1, -0.05) is 13.3 Å². The minimum atomic E-state index is -0.939. The molecule has 0 radical (unpaired) electrons. The minimum absolute atomic E-state index is 0.0604. The van der Waals surface area contributed by atoms with Gasteiger partial charge < -0.3 is 14.6 Å². The maximum absolute atomic E-state index is 12.7. The lowest BCUT2D eigenvalue weighted by atomic mass is 10.0.